The molecule has 0 radical (unpaired) electrons. The number of para-hydroxylation sites is 1. The quantitative estimate of drug-likeness (QED) is 0.314. The summed E-state index contributed by atoms with van der Waals surface area (Å²) in [6, 6.07) is 16.3. The van der Waals surface area contributed by atoms with E-state index in [1.54, 1.807) is 24.3 Å². The van der Waals surface area contributed by atoms with Crippen LogP contribution in [-0.2, 0) is 24.4 Å². The standard InChI is InChI=1S/C25H31ClN2O7S.K/c26-21-10-12-23(13-11-21)28(22-4-2-1-3-5-22)25(30)35-17-20-8-6-19(7-9-20)16-34-18-24(29)27-14-15-36(31,32)33;/h1-5,10-13,19-20H,6-9,14-18H2,(H,27,29)(H,31,32,33);/q;+1/p-1/t19-,20-;. The van der Waals surface area contributed by atoms with Crippen LogP contribution >= 0.6 is 11.6 Å². The van der Waals surface area contributed by atoms with Gasteiger partial charge in [-0.1, -0.05) is 29.8 Å². The molecule has 1 fully saturated rings. The average Bonchev–Trinajstić information content (AvgIpc) is 2.85. The number of hydrogen-bond acceptors (Lipinski definition) is 7. The van der Waals surface area contributed by atoms with Crippen LogP contribution in [0.2, 0.25) is 5.02 Å². The molecule has 2 aromatic carbocycles. The van der Waals surface area contributed by atoms with E-state index < -0.39 is 27.9 Å². The van der Waals surface area contributed by atoms with Gasteiger partial charge in [-0.2, -0.15) is 0 Å². The number of hydrogen-bond donors (Lipinski definition) is 1. The first-order valence-corrected chi connectivity index (χ1v) is 13.7. The minimum Gasteiger partial charge on any atom is -0.748 e. The third-order valence-corrected chi connectivity index (χ3v) is 6.91. The molecular weight excluding hydrogens is 547 g/mol. The predicted molar refractivity (Wildman–Crippen MR) is 135 cm³/mol. The molecule has 9 nitrogen and oxygen atoms in total. The van der Waals surface area contributed by atoms with Gasteiger partial charge < -0.3 is 19.3 Å². The number of benzene rings is 2. The number of anilines is 2. The Balaban J connectivity index is 0.00000481. The summed E-state index contributed by atoms with van der Waals surface area (Å²) in [6.45, 7) is 0.320. The molecule has 1 aliphatic carbocycles. The Labute approximate surface area is 265 Å². The third kappa shape index (κ3) is 11.7. The summed E-state index contributed by atoms with van der Waals surface area (Å²) in [5.41, 5.74) is 1.36. The van der Waals surface area contributed by atoms with Crippen molar-refractivity contribution < 1.29 is 83.4 Å². The molecule has 196 valence electrons. The number of halogens is 1. The van der Waals surface area contributed by atoms with Crippen molar-refractivity contribution in [3.8, 4) is 0 Å². The van der Waals surface area contributed by atoms with Crippen LogP contribution in [0.5, 0.6) is 0 Å². The van der Waals surface area contributed by atoms with Gasteiger partial charge >= 0.3 is 57.5 Å². The van der Waals surface area contributed by atoms with Crippen molar-refractivity contribution in [2.75, 3.05) is 37.0 Å². The fraction of sp³-hybridized carbons (Fsp3) is 0.440. The first-order valence-electron chi connectivity index (χ1n) is 11.8. The summed E-state index contributed by atoms with van der Waals surface area (Å²) in [5, 5.41) is 2.92. The molecule has 0 heterocycles. The van der Waals surface area contributed by atoms with E-state index in [0.29, 0.717) is 35.5 Å². The minimum atomic E-state index is -4.35. The van der Waals surface area contributed by atoms with Crippen LogP contribution in [0, 0.1) is 11.8 Å². The molecule has 2 amide bonds. The van der Waals surface area contributed by atoms with E-state index in [9.17, 15) is 22.6 Å². The molecule has 1 aliphatic rings. The van der Waals surface area contributed by atoms with Gasteiger partial charge in [0.1, 0.15) is 6.61 Å². The molecule has 1 saturated carbocycles. The van der Waals surface area contributed by atoms with Crippen LogP contribution in [0.3, 0.4) is 0 Å². The van der Waals surface area contributed by atoms with Crippen molar-refractivity contribution >= 4 is 45.1 Å². The SMILES string of the molecule is O=C(COC[C@H]1CC[C@H](COC(=O)N(c2ccccc2)c2ccc(Cl)cc2)CC1)NCCS(=O)(=O)[O-].[K+]. The molecule has 2 aromatic rings. The van der Waals surface area contributed by atoms with E-state index in [-0.39, 0.29) is 70.5 Å². The fourth-order valence-corrected chi connectivity index (χ4v) is 4.51. The van der Waals surface area contributed by atoms with Crippen molar-refractivity contribution in [2.24, 2.45) is 11.8 Å². The van der Waals surface area contributed by atoms with E-state index in [1.807, 2.05) is 30.3 Å². The summed E-state index contributed by atoms with van der Waals surface area (Å²) in [4.78, 5) is 26.2. The van der Waals surface area contributed by atoms with Crippen molar-refractivity contribution in [2.45, 2.75) is 25.7 Å². The van der Waals surface area contributed by atoms with Crippen molar-refractivity contribution in [3.63, 3.8) is 0 Å². The maximum absolute atomic E-state index is 13.0. The average molecular weight is 577 g/mol. The number of nitrogens with one attached hydrogen (secondary N) is 1. The summed E-state index contributed by atoms with van der Waals surface area (Å²) in [6.07, 6.45) is 3.07. The Bertz CT molecular complexity index is 1100. The van der Waals surface area contributed by atoms with Gasteiger partial charge in [0.05, 0.1) is 40.5 Å². The fourth-order valence-electron chi connectivity index (χ4n) is 4.03. The summed E-state index contributed by atoms with van der Waals surface area (Å²) >= 11 is 6.00. The van der Waals surface area contributed by atoms with Gasteiger partial charge in [-0.05, 0) is 73.9 Å². The molecule has 0 aromatic heterocycles. The van der Waals surface area contributed by atoms with Gasteiger partial charge in [0.2, 0.25) is 5.91 Å². The first-order chi connectivity index (χ1) is 17.2. The van der Waals surface area contributed by atoms with Crippen LogP contribution in [0.4, 0.5) is 16.2 Å². The summed E-state index contributed by atoms with van der Waals surface area (Å²) in [5.74, 6) is -0.564. The monoisotopic (exact) mass is 576 g/mol. The smallest absolute Gasteiger partial charge is 0.748 e. The minimum absolute atomic E-state index is 0. The predicted octanol–water partition coefficient (Wildman–Crippen LogP) is 1.10. The van der Waals surface area contributed by atoms with E-state index >= 15 is 0 Å². The number of nitrogens with zero attached hydrogens (tertiary/aromatic N) is 1. The van der Waals surface area contributed by atoms with Gasteiger partial charge in [0.25, 0.3) is 0 Å². The molecule has 37 heavy (non-hydrogen) atoms. The molecule has 0 atom stereocenters. The van der Waals surface area contributed by atoms with Gasteiger partial charge in [-0.3, -0.25) is 4.79 Å². The number of amides is 2. The Morgan fingerprint density at radius 1 is 0.946 bits per heavy atom. The van der Waals surface area contributed by atoms with E-state index in [4.69, 9.17) is 21.1 Å². The number of ether oxygens (including phenoxy) is 2. The Morgan fingerprint density at radius 3 is 2.11 bits per heavy atom. The van der Waals surface area contributed by atoms with E-state index in [2.05, 4.69) is 5.32 Å². The second-order valence-corrected chi connectivity index (χ2v) is 10.7. The maximum atomic E-state index is 13.0. The molecule has 0 saturated heterocycles. The zero-order chi connectivity index (χ0) is 26.0. The van der Waals surface area contributed by atoms with Gasteiger partial charge in [0, 0.05) is 11.6 Å². The zero-order valence-electron chi connectivity index (χ0n) is 20.8. The van der Waals surface area contributed by atoms with Crippen LogP contribution in [0.15, 0.2) is 54.6 Å². The third-order valence-electron chi connectivity index (χ3n) is 5.95. The Kier molecular flexibility index (Phi) is 14.1. The largest absolute Gasteiger partial charge is 1.00 e. The second-order valence-electron chi connectivity index (χ2n) is 8.74. The summed E-state index contributed by atoms with van der Waals surface area (Å²) in [7, 11) is -4.35. The van der Waals surface area contributed by atoms with Crippen molar-refractivity contribution in [1.82, 2.24) is 5.32 Å². The topological polar surface area (TPSA) is 125 Å². The zero-order valence-corrected chi connectivity index (χ0v) is 25.5. The Morgan fingerprint density at radius 2 is 1.51 bits per heavy atom. The molecule has 1 N–H and O–H groups in total. The van der Waals surface area contributed by atoms with Crippen LogP contribution in [-0.4, -0.2) is 57.1 Å². The van der Waals surface area contributed by atoms with Crippen LogP contribution in [0.25, 0.3) is 0 Å². The Hall–Kier alpha value is -1.02. The molecule has 0 spiro atoms. The van der Waals surface area contributed by atoms with Gasteiger partial charge in [0.15, 0.2) is 0 Å². The number of rotatable bonds is 11. The number of carbonyl (C=O) groups excluding carboxylic acids is 2. The molecule has 3 rings (SSSR count). The van der Waals surface area contributed by atoms with E-state index in [0.717, 1.165) is 25.7 Å². The van der Waals surface area contributed by atoms with Crippen LogP contribution in [0.1, 0.15) is 25.7 Å². The van der Waals surface area contributed by atoms with Crippen molar-refractivity contribution in [3.05, 3.63) is 59.6 Å². The molecular formula is C25H30ClKN2O7S. The molecule has 0 aliphatic heterocycles. The van der Waals surface area contributed by atoms with E-state index in [1.165, 1.54) is 4.90 Å². The second kappa shape index (κ2) is 16.2. The first kappa shape index (κ1) is 32.2. The van der Waals surface area contributed by atoms with Crippen molar-refractivity contribution in [1.29, 1.82) is 0 Å². The molecule has 0 bridgehead atoms. The molecule has 12 heteroatoms. The number of carbonyl (C=O) groups is 2. The normalized spacial score (nSPS) is 17.4. The summed E-state index contributed by atoms with van der Waals surface area (Å²) < 4.78 is 42.8. The molecule has 0 unspecified atom stereocenters. The van der Waals surface area contributed by atoms with Crippen LogP contribution < -0.4 is 61.6 Å². The maximum Gasteiger partial charge on any atom is 1.00 e. The van der Waals surface area contributed by atoms with Gasteiger partial charge in [-0.25, -0.2) is 18.1 Å². The van der Waals surface area contributed by atoms with Gasteiger partial charge in [-0.15, -0.1) is 0 Å².